The van der Waals surface area contributed by atoms with Gasteiger partial charge in [-0.25, -0.2) is 0 Å². The van der Waals surface area contributed by atoms with Gasteiger partial charge in [-0.2, -0.15) is 0 Å². The number of para-hydroxylation sites is 1. The number of aryl methyl sites for hydroxylation is 1. The van der Waals surface area contributed by atoms with Crippen LogP contribution in [0.15, 0.2) is 54.6 Å². The number of nitrogens with one attached hydrogen (secondary N) is 1. The Morgan fingerprint density at radius 1 is 0.966 bits per heavy atom. The van der Waals surface area contributed by atoms with E-state index in [0.717, 1.165) is 18.8 Å². The van der Waals surface area contributed by atoms with E-state index >= 15 is 0 Å². The number of ketones is 1. The molecule has 1 heterocycles. The summed E-state index contributed by atoms with van der Waals surface area (Å²) in [5.41, 5.74) is 2.35. The summed E-state index contributed by atoms with van der Waals surface area (Å²) in [7, 11) is 0. The van der Waals surface area contributed by atoms with E-state index < -0.39 is 11.7 Å². The lowest BCUT2D eigenvalue weighted by molar-refractivity contribution is -0.140. The van der Waals surface area contributed by atoms with Crippen molar-refractivity contribution < 1.29 is 19.1 Å². The number of ether oxygens (including phenoxy) is 1. The number of Topliss-reactive ketones (excluding diaryl/α,β-unsaturated/α-hetero) is 1. The number of rotatable bonds is 7. The van der Waals surface area contributed by atoms with Crippen molar-refractivity contribution in [1.29, 1.82) is 0 Å². The molecule has 2 aromatic rings. The highest BCUT2D eigenvalue weighted by molar-refractivity contribution is 6.37. The normalized spacial score (nSPS) is 13.7. The smallest absolute Gasteiger partial charge is 0.291 e. The van der Waals surface area contributed by atoms with Crippen molar-refractivity contribution in [2.45, 2.75) is 6.92 Å². The Morgan fingerprint density at radius 3 is 2.38 bits per heavy atom. The first-order valence-electron chi connectivity index (χ1n) is 9.61. The molecule has 2 aromatic carbocycles. The third kappa shape index (κ3) is 5.81. The van der Waals surface area contributed by atoms with Crippen LogP contribution >= 0.6 is 0 Å². The number of nitrogens with zero attached hydrogens (tertiary/aromatic N) is 2. The molecule has 2 amide bonds. The van der Waals surface area contributed by atoms with Crippen LogP contribution in [0.2, 0.25) is 0 Å². The van der Waals surface area contributed by atoms with E-state index in [-0.39, 0.29) is 19.1 Å². The molecule has 0 saturated carbocycles. The van der Waals surface area contributed by atoms with Crippen LogP contribution in [0, 0.1) is 6.92 Å². The van der Waals surface area contributed by atoms with Crippen molar-refractivity contribution in [2.75, 3.05) is 44.2 Å². The molecular formula is C22H25N3O4. The van der Waals surface area contributed by atoms with Crippen LogP contribution < -0.4 is 15.0 Å². The lowest BCUT2D eigenvalue weighted by Crippen LogP contribution is -2.51. The summed E-state index contributed by atoms with van der Waals surface area (Å²) >= 11 is 0. The predicted octanol–water partition coefficient (Wildman–Crippen LogP) is 1.41. The zero-order valence-electron chi connectivity index (χ0n) is 16.5. The molecule has 0 aromatic heterocycles. The summed E-state index contributed by atoms with van der Waals surface area (Å²) in [6.07, 6.45) is 0. The van der Waals surface area contributed by atoms with Gasteiger partial charge in [0.05, 0.1) is 6.54 Å². The van der Waals surface area contributed by atoms with Crippen molar-refractivity contribution in [2.24, 2.45) is 0 Å². The number of piperazine rings is 1. The second-order valence-corrected chi connectivity index (χ2v) is 6.91. The molecule has 1 fully saturated rings. The number of amides is 2. The SMILES string of the molecule is Cc1cccc(N2CCN(C(=O)CNC(=O)C(=O)COc3ccccc3)CC2)c1. The number of anilines is 1. The Balaban J connectivity index is 1.39. The van der Waals surface area contributed by atoms with Crippen LogP contribution in [0.3, 0.4) is 0 Å². The Kier molecular flexibility index (Phi) is 6.84. The van der Waals surface area contributed by atoms with Crippen molar-refractivity contribution in [3.8, 4) is 5.75 Å². The minimum Gasteiger partial charge on any atom is -0.485 e. The first-order chi connectivity index (χ1) is 14.0. The van der Waals surface area contributed by atoms with E-state index in [1.807, 2.05) is 12.1 Å². The number of benzene rings is 2. The van der Waals surface area contributed by atoms with Gasteiger partial charge in [0.1, 0.15) is 5.75 Å². The largest absolute Gasteiger partial charge is 0.485 e. The summed E-state index contributed by atoms with van der Waals surface area (Å²) in [5.74, 6) is -1.21. The molecule has 0 atom stereocenters. The summed E-state index contributed by atoms with van der Waals surface area (Å²) in [4.78, 5) is 40.1. The zero-order chi connectivity index (χ0) is 20.6. The fourth-order valence-electron chi connectivity index (χ4n) is 3.14. The molecule has 1 saturated heterocycles. The van der Waals surface area contributed by atoms with Crippen molar-refractivity contribution in [3.63, 3.8) is 0 Å². The summed E-state index contributed by atoms with van der Waals surface area (Å²) in [6, 6.07) is 17.0. The molecule has 1 aliphatic rings. The predicted molar refractivity (Wildman–Crippen MR) is 110 cm³/mol. The summed E-state index contributed by atoms with van der Waals surface area (Å²) in [6.45, 7) is 4.11. The van der Waals surface area contributed by atoms with Crippen LogP contribution in [-0.2, 0) is 14.4 Å². The van der Waals surface area contributed by atoms with E-state index in [1.54, 1.807) is 29.2 Å². The van der Waals surface area contributed by atoms with Gasteiger partial charge in [0.2, 0.25) is 5.91 Å². The van der Waals surface area contributed by atoms with Crippen molar-refractivity contribution in [3.05, 3.63) is 60.2 Å². The number of hydrogen-bond donors (Lipinski definition) is 1. The van der Waals surface area contributed by atoms with Crippen molar-refractivity contribution in [1.82, 2.24) is 10.2 Å². The zero-order valence-corrected chi connectivity index (χ0v) is 16.5. The van der Waals surface area contributed by atoms with E-state index in [0.29, 0.717) is 18.8 Å². The second-order valence-electron chi connectivity index (χ2n) is 6.91. The third-order valence-electron chi connectivity index (χ3n) is 4.77. The second kappa shape index (κ2) is 9.73. The Labute approximate surface area is 170 Å². The van der Waals surface area contributed by atoms with Gasteiger partial charge in [-0.1, -0.05) is 30.3 Å². The van der Waals surface area contributed by atoms with E-state index in [9.17, 15) is 14.4 Å². The third-order valence-corrected chi connectivity index (χ3v) is 4.77. The quantitative estimate of drug-likeness (QED) is 0.717. The van der Waals surface area contributed by atoms with Crippen LogP contribution in [0.5, 0.6) is 5.75 Å². The monoisotopic (exact) mass is 395 g/mol. The van der Waals surface area contributed by atoms with Crippen molar-refractivity contribution >= 4 is 23.3 Å². The maximum absolute atomic E-state index is 12.4. The maximum Gasteiger partial charge on any atom is 0.291 e. The summed E-state index contributed by atoms with van der Waals surface area (Å²) < 4.78 is 5.26. The lowest BCUT2D eigenvalue weighted by atomic mass is 10.2. The van der Waals surface area contributed by atoms with Crippen LogP contribution in [0.1, 0.15) is 5.56 Å². The minimum absolute atomic E-state index is 0.194. The molecule has 29 heavy (non-hydrogen) atoms. The van der Waals surface area contributed by atoms with Crippen LogP contribution in [0.4, 0.5) is 5.69 Å². The van der Waals surface area contributed by atoms with E-state index in [1.165, 1.54) is 5.56 Å². The molecule has 0 bridgehead atoms. The topological polar surface area (TPSA) is 79.0 Å². The summed E-state index contributed by atoms with van der Waals surface area (Å²) in [5, 5.41) is 2.39. The Hall–Kier alpha value is -3.35. The van der Waals surface area contributed by atoms with E-state index in [2.05, 4.69) is 35.3 Å². The highest BCUT2D eigenvalue weighted by atomic mass is 16.5. The minimum atomic E-state index is -0.812. The van der Waals surface area contributed by atoms with Crippen LogP contribution in [0.25, 0.3) is 0 Å². The molecule has 3 rings (SSSR count). The molecule has 0 unspecified atom stereocenters. The first kappa shape index (κ1) is 20.4. The van der Waals surface area contributed by atoms with Gasteiger partial charge < -0.3 is 19.9 Å². The molecule has 1 N–H and O–H groups in total. The number of hydrogen-bond acceptors (Lipinski definition) is 5. The first-order valence-corrected chi connectivity index (χ1v) is 9.61. The maximum atomic E-state index is 12.4. The molecule has 0 radical (unpaired) electrons. The Bertz CT molecular complexity index is 861. The van der Waals surface area contributed by atoms with Gasteiger partial charge in [0, 0.05) is 31.9 Å². The number of carbonyl (C=O) groups is 3. The van der Waals surface area contributed by atoms with E-state index in [4.69, 9.17) is 4.74 Å². The molecule has 1 aliphatic heterocycles. The van der Waals surface area contributed by atoms with Gasteiger partial charge in [-0.05, 0) is 36.8 Å². The van der Waals surface area contributed by atoms with Gasteiger partial charge in [-0.3, -0.25) is 14.4 Å². The highest BCUT2D eigenvalue weighted by Crippen LogP contribution is 2.17. The van der Waals surface area contributed by atoms with Gasteiger partial charge in [0.15, 0.2) is 6.61 Å². The molecule has 0 aliphatic carbocycles. The highest BCUT2D eigenvalue weighted by Gasteiger charge is 2.22. The van der Waals surface area contributed by atoms with Gasteiger partial charge in [-0.15, -0.1) is 0 Å². The fraction of sp³-hybridized carbons (Fsp3) is 0.318. The van der Waals surface area contributed by atoms with Gasteiger partial charge in [0.25, 0.3) is 11.7 Å². The molecule has 0 spiro atoms. The molecule has 7 nitrogen and oxygen atoms in total. The standard InChI is InChI=1S/C22H25N3O4/c1-17-6-5-7-18(14-17)24-10-12-25(13-11-24)21(27)15-23-22(28)20(26)16-29-19-8-3-2-4-9-19/h2-9,14H,10-13,15-16H2,1H3,(H,23,28). The average molecular weight is 395 g/mol. The molecule has 7 heteroatoms. The molecule has 152 valence electrons. The average Bonchev–Trinajstić information content (AvgIpc) is 2.76. The molecular weight excluding hydrogens is 370 g/mol. The fourth-order valence-corrected chi connectivity index (χ4v) is 3.14. The number of carbonyl (C=O) groups excluding carboxylic acids is 3. The Morgan fingerprint density at radius 2 is 1.69 bits per heavy atom. The lowest BCUT2D eigenvalue weighted by Gasteiger charge is -2.36. The van der Waals surface area contributed by atoms with Crippen LogP contribution in [-0.4, -0.2) is 61.8 Å². The van der Waals surface area contributed by atoms with Gasteiger partial charge >= 0.3 is 0 Å².